The minimum atomic E-state index is -3.52. The van der Waals surface area contributed by atoms with Crippen LogP contribution in [0, 0.1) is 13.8 Å². The maximum Gasteiger partial charge on any atom is 0.243 e. The van der Waals surface area contributed by atoms with E-state index in [2.05, 4.69) is 5.32 Å². The van der Waals surface area contributed by atoms with Crippen molar-refractivity contribution in [2.45, 2.75) is 24.8 Å². The molecule has 2 aliphatic rings. The van der Waals surface area contributed by atoms with Crippen LogP contribution in [0.25, 0.3) is 0 Å². The Morgan fingerprint density at radius 3 is 2.42 bits per heavy atom. The Labute approximate surface area is 161 Å². The van der Waals surface area contributed by atoms with E-state index in [-0.39, 0.29) is 24.4 Å². The molecule has 0 bridgehead atoms. The van der Waals surface area contributed by atoms with Crippen molar-refractivity contribution in [1.82, 2.24) is 14.5 Å². The molecule has 2 saturated heterocycles. The van der Waals surface area contributed by atoms with Crippen LogP contribution in [0.15, 0.2) is 23.1 Å². The lowest BCUT2D eigenvalue weighted by Gasteiger charge is -2.36. The molecule has 1 aromatic carbocycles. The topological polar surface area (TPSA) is 79.0 Å². The van der Waals surface area contributed by atoms with E-state index >= 15 is 0 Å². The van der Waals surface area contributed by atoms with Gasteiger partial charge in [-0.15, -0.1) is 12.4 Å². The summed E-state index contributed by atoms with van der Waals surface area (Å²) in [6, 6.07) is 4.87. The van der Waals surface area contributed by atoms with E-state index in [9.17, 15) is 13.2 Å². The number of rotatable bonds is 3. The minimum Gasteiger partial charge on any atom is -0.378 e. The summed E-state index contributed by atoms with van der Waals surface area (Å²) in [6.45, 7) is 6.96. The molecule has 1 atom stereocenters. The van der Waals surface area contributed by atoms with Crippen molar-refractivity contribution in [3.8, 4) is 0 Å². The van der Waals surface area contributed by atoms with Crippen molar-refractivity contribution in [1.29, 1.82) is 0 Å². The van der Waals surface area contributed by atoms with Crippen LogP contribution in [-0.4, -0.2) is 75.5 Å². The molecule has 9 heteroatoms. The Morgan fingerprint density at radius 1 is 1.15 bits per heavy atom. The fourth-order valence-corrected chi connectivity index (χ4v) is 4.62. The molecule has 1 amide bonds. The zero-order chi connectivity index (χ0) is 18.0. The molecule has 0 aliphatic carbocycles. The number of ether oxygens (including phenoxy) is 1. The van der Waals surface area contributed by atoms with Gasteiger partial charge < -0.3 is 15.0 Å². The number of aryl methyl sites for hydroxylation is 2. The predicted octanol–water partition coefficient (Wildman–Crippen LogP) is 0.547. The van der Waals surface area contributed by atoms with Gasteiger partial charge in [0.2, 0.25) is 15.9 Å². The summed E-state index contributed by atoms with van der Waals surface area (Å²) in [5.74, 6) is -0.0112. The summed E-state index contributed by atoms with van der Waals surface area (Å²) in [4.78, 5) is 14.5. The monoisotopic (exact) mass is 403 g/mol. The number of hydrogen-bond acceptors (Lipinski definition) is 5. The highest BCUT2D eigenvalue weighted by Crippen LogP contribution is 2.20. The number of nitrogens with one attached hydrogen (secondary N) is 1. The van der Waals surface area contributed by atoms with E-state index in [1.54, 1.807) is 17.0 Å². The van der Waals surface area contributed by atoms with Gasteiger partial charge in [-0.05, 0) is 37.1 Å². The van der Waals surface area contributed by atoms with Crippen LogP contribution in [0.4, 0.5) is 0 Å². The normalized spacial score (nSPS) is 21.9. The lowest BCUT2D eigenvalue weighted by Crippen LogP contribution is -2.57. The van der Waals surface area contributed by atoms with E-state index in [0.717, 1.165) is 11.1 Å². The van der Waals surface area contributed by atoms with Gasteiger partial charge in [-0.25, -0.2) is 8.42 Å². The smallest absolute Gasteiger partial charge is 0.243 e. The van der Waals surface area contributed by atoms with Gasteiger partial charge in [-0.2, -0.15) is 4.31 Å². The predicted molar refractivity (Wildman–Crippen MR) is 101 cm³/mol. The highest BCUT2D eigenvalue weighted by Gasteiger charge is 2.33. The Bertz CT molecular complexity index is 742. The molecule has 26 heavy (non-hydrogen) atoms. The zero-order valence-corrected chi connectivity index (χ0v) is 16.7. The van der Waals surface area contributed by atoms with E-state index in [1.807, 2.05) is 19.9 Å². The molecule has 2 fully saturated rings. The summed E-state index contributed by atoms with van der Waals surface area (Å²) in [5, 5.41) is 3.15. The van der Waals surface area contributed by atoms with E-state index in [0.29, 0.717) is 50.8 Å². The number of halogens is 1. The third kappa shape index (κ3) is 4.37. The maximum atomic E-state index is 12.8. The zero-order valence-electron chi connectivity index (χ0n) is 15.1. The van der Waals surface area contributed by atoms with Gasteiger partial charge in [0, 0.05) is 32.7 Å². The lowest BCUT2D eigenvalue weighted by molar-refractivity contribution is -0.137. The van der Waals surface area contributed by atoms with E-state index in [4.69, 9.17) is 4.74 Å². The van der Waals surface area contributed by atoms with Crippen molar-refractivity contribution < 1.29 is 17.9 Å². The molecular weight excluding hydrogens is 378 g/mol. The molecule has 1 unspecified atom stereocenters. The van der Waals surface area contributed by atoms with Crippen molar-refractivity contribution in [3.63, 3.8) is 0 Å². The number of amides is 1. The van der Waals surface area contributed by atoms with Gasteiger partial charge in [0.15, 0.2) is 0 Å². The number of carbonyl (C=O) groups excluding carboxylic acids is 1. The number of piperazine rings is 1. The van der Waals surface area contributed by atoms with Gasteiger partial charge >= 0.3 is 0 Å². The third-order valence-corrected chi connectivity index (χ3v) is 6.78. The molecule has 7 nitrogen and oxygen atoms in total. The number of sulfonamides is 1. The summed E-state index contributed by atoms with van der Waals surface area (Å²) < 4.78 is 32.4. The second-order valence-corrected chi connectivity index (χ2v) is 8.49. The van der Waals surface area contributed by atoms with Gasteiger partial charge in [-0.1, -0.05) is 6.07 Å². The van der Waals surface area contributed by atoms with Crippen molar-refractivity contribution in [3.05, 3.63) is 29.3 Å². The second kappa shape index (κ2) is 8.67. The number of carbonyl (C=O) groups is 1. The molecule has 0 radical (unpaired) electrons. The van der Waals surface area contributed by atoms with Crippen LogP contribution < -0.4 is 5.32 Å². The Hall–Kier alpha value is -1.19. The van der Waals surface area contributed by atoms with Crippen molar-refractivity contribution in [2.24, 2.45) is 0 Å². The Balaban J connectivity index is 0.00000243. The first-order valence-electron chi connectivity index (χ1n) is 8.57. The van der Waals surface area contributed by atoms with Crippen molar-refractivity contribution >= 4 is 28.3 Å². The molecule has 3 rings (SSSR count). The van der Waals surface area contributed by atoms with Crippen LogP contribution in [0.5, 0.6) is 0 Å². The molecule has 2 heterocycles. The Kier molecular flexibility index (Phi) is 7.04. The first-order chi connectivity index (χ1) is 11.9. The highest BCUT2D eigenvalue weighted by atomic mass is 35.5. The van der Waals surface area contributed by atoms with Gasteiger partial charge in [0.25, 0.3) is 0 Å². The van der Waals surface area contributed by atoms with Gasteiger partial charge in [0.05, 0.1) is 18.1 Å². The van der Waals surface area contributed by atoms with E-state index in [1.165, 1.54) is 4.31 Å². The molecular formula is C17H26ClN3O4S. The molecule has 1 aromatic rings. The molecule has 0 spiro atoms. The fourth-order valence-electron chi connectivity index (χ4n) is 3.12. The highest BCUT2D eigenvalue weighted by molar-refractivity contribution is 7.89. The fraction of sp³-hybridized carbons (Fsp3) is 0.588. The van der Waals surface area contributed by atoms with Crippen LogP contribution in [-0.2, 0) is 19.6 Å². The summed E-state index contributed by atoms with van der Waals surface area (Å²) in [5.41, 5.74) is 2.02. The number of benzene rings is 1. The largest absolute Gasteiger partial charge is 0.378 e. The Morgan fingerprint density at radius 2 is 1.85 bits per heavy atom. The average molecular weight is 404 g/mol. The van der Waals surface area contributed by atoms with Crippen LogP contribution >= 0.6 is 12.4 Å². The van der Waals surface area contributed by atoms with Crippen LogP contribution in [0.3, 0.4) is 0 Å². The quantitative estimate of drug-likeness (QED) is 0.797. The molecule has 0 aromatic heterocycles. The molecule has 2 aliphatic heterocycles. The number of hydrogen-bond donors (Lipinski definition) is 1. The first kappa shape index (κ1) is 21.1. The molecule has 0 saturated carbocycles. The number of morpholine rings is 1. The van der Waals surface area contributed by atoms with Gasteiger partial charge in [-0.3, -0.25) is 4.79 Å². The minimum absolute atomic E-state index is 0. The third-order valence-electron chi connectivity index (χ3n) is 4.89. The SMILES string of the molecule is Cc1ccc(S(=O)(=O)N2CCN(C(=O)C3COCCN3)CC2)cc1C.Cl. The molecule has 146 valence electrons. The lowest BCUT2D eigenvalue weighted by atomic mass is 10.1. The molecule has 1 N–H and O–H groups in total. The van der Waals surface area contributed by atoms with Crippen LogP contribution in [0.2, 0.25) is 0 Å². The summed E-state index contributed by atoms with van der Waals surface area (Å²) >= 11 is 0. The standard InChI is InChI=1S/C17H25N3O4S.ClH/c1-13-3-4-15(11-14(13)2)25(22,23)20-8-6-19(7-9-20)17(21)16-12-24-10-5-18-16;/h3-4,11,16,18H,5-10,12H2,1-2H3;1H. The number of nitrogens with zero attached hydrogens (tertiary/aromatic N) is 2. The maximum absolute atomic E-state index is 12.8. The first-order valence-corrected chi connectivity index (χ1v) is 10.0. The van der Waals surface area contributed by atoms with E-state index < -0.39 is 10.0 Å². The van der Waals surface area contributed by atoms with Crippen LogP contribution in [0.1, 0.15) is 11.1 Å². The van der Waals surface area contributed by atoms with Crippen molar-refractivity contribution in [2.75, 3.05) is 45.9 Å². The van der Waals surface area contributed by atoms with Gasteiger partial charge in [0.1, 0.15) is 6.04 Å². The summed E-state index contributed by atoms with van der Waals surface area (Å²) in [6.07, 6.45) is 0. The average Bonchev–Trinajstić information content (AvgIpc) is 2.64. The summed E-state index contributed by atoms with van der Waals surface area (Å²) in [7, 11) is -3.52. The second-order valence-electron chi connectivity index (χ2n) is 6.56.